The van der Waals surface area contributed by atoms with Gasteiger partial charge < -0.3 is 10.4 Å². The minimum Gasteiger partial charge on any atom is -0.392 e. The summed E-state index contributed by atoms with van der Waals surface area (Å²) in [5, 5.41) is 13.0. The molecule has 2 unspecified atom stereocenters. The van der Waals surface area contributed by atoms with Gasteiger partial charge in [-0.2, -0.15) is 0 Å². The molecular formula is C16H29N3O2. The average Bonchev–Trinajstić information content (AvgIpc) is 3.29. The Hall–Kier alpha value is -0.910. The summed E-state index contributed by atoms with van der Waals surface area (Å²) in [7, 11) is 0. The number of allylic oxidation sites excluding steroid dienone is 1. The van der Waals surface area contributed by atoms with Crippen molar-refractivity contribution in [2.45, 2.75) is 50.8 Å². The number of hydrogen-bond acceptors (Lipinski definition) is 4. The van der Waals surface area contributed by atoms with Crippen LogP contribution in [0.25, 0.3) is 0 Å². The van der Waals surface area contributed by atoms with Gasteiger partial charge in [0.15, 0.2) is 0 Å². The molecule has 2 rings (SSSR count). The van der Waals surface area contributed by atoms with Crippen molar-refractivity contribution in [2.75, 3.05) is 32.7 Å². The second-order valence-electron chi connectivity index (χ2n) is 6.32. The summed E-state index contributed by atoms with van der Waals surface area (Å²) in [4.78, 5) is 16.6. The zero-order valence-electron chi connectivity index (χ0n) is 13.1. The Morgan fingerprint density at radius 3 is 2.62 bits per heavy atom. The SMILES string of the molecule is C=CCCC(O)CN1CCN(C(C)C(=O)NC2CC2)CC1. The second kappa shape index (κ2) is 7.92. The van der Waals surface area contributed by atoms with Gasteiger partial charge in [0, 0.05) is 38.8 Å². The van der Waals surface area contributed by atoms with E-state index in [2.05, 4.69) is 21.7 Å². The van der Waals surface area contributed by atoms with Gasteiger partial charge >= 0.3 is 0 Å². The number of nitrogens with zero attached hydrogens (tertiary/aromatic N) is 2. The van der Waals surface area contributed by atoms with Gasteiger partial charge in [0.2, 0.25) is 5.91 Å². The summed E-state index contributed by atoms with van der Waals surface area (Å²) >= 11 is 0. The van der Waals surface area contributed by atoms with Gasteiger partial charge in [-0.25, -0.2) is 0 Å². The molecule has 1 heterocycles. The second-order valence-corrected chi connectivity index (χ2v) is 6.32. The van der Waals surface area contributed by atoms with Crippen LogP contribution in [0.2, 0.25) is 0 Å². The third kappa shape index (κ3) is 5.41. The van der Waals surface area contributed by atoms with E-state index in [1.807, 2.05) is 13.0 Å². The molecule has 0 aromatic heterocycles. The lowest BCUT2D eigenvalue weighted by atomic mass is 10.1. The number of amides is 1. The molecule has 0 aromatic rings. The number of rotatable bonds is 8. The van der Waals surface area contributed by atoms with Crippen molar-refractivity contribution in [2.24, 2.45) is 0 Å². The van der Waals surface area contributed by atoms with Crippen LogP contribution in [-0.4, -0.2) is 71.7 Å². The Balaban J connectivity index is 1.67. The molecule has 1 aliphatic heterocycles. The van der Waals surface area contributed by atoms with E-state index in [-0.39, 0.29) is 18.1 Å². The molecular weight excluding hydrogens is 266 g/mol. The third-order valence-electron chi connectivity index (χ3n) is 4.43. The molecule has 5 heteroatoms. The summed E-state index contributed by atoms with van der Waals surface area (Å²) in [5.74, 6) is 0.164. The molecule has 1 amide bonds. The Bertz CT molecular complexity index is 349. The molecule has 2 aliphatic rings. The first kappa shape index (κ1) is 16.5. The maximum absolute atomic E-state index is 12.1. The van der Waals surface area contributed by atoms with Gasteiger partial charge in [0.1, 0.15) is 0 Å². The first-order valence-electron chi connectivity index (χ1n) is 8.16. The maximum Gasteiger partial charge on any atom is 0.237 e. The van der Waals surface area contributed by atoms with Crippen LogP contribution in [-0.2, 0) is 4.79 Å². The van der Waals surface area contributed by atoms with E-state index in [1.54, 1.807) is 0 Å². The van der Waals surface area contributed by atoms with Crippen LogP contribution in [0.15, 0.2) is 12.7 Å². The maximum atomic E-state index is 12.1. The van der Waals surface area contributed by atoms with Gasteiger partial charge in [-0.05, 0) is 32.6 Å². The monoisotopic (exact) mass is 295 g/mol. The van der Waals surface area contributed by atoms with Gasteiger partial charge in [0.05, 0.1) is 12.1 Å². The quantitative estimate of drug-likeness (QED) is 0.644. The summed E-state index contributed by atoms with van der Waals surface area (Å²) in [6.07, 6.45) is 5.49. The highest BCUT2D eigenvalue weighted by molar-refractivity contribution is 5.81. The molecule has 0 bridgehead atoms. The Labute approximate surface area is 128 Å². The third-order valence-corrected chi connectivity index (χ3v) is 4.43. The van der Waals surface area contributed by atoms with Crippen LogP contribution >= 0.6 is 0 Å². The van der Waals surface area contributed by atoms with Crippen LogP contribution in [0.5, 0.6) is 0 Å². The summed E-state index contributed by atoms with van der Waals surface area (Å²) in [6.45, 7) is 10.0. The molecule has 1 aliphatic carbocycles. The molecule has 0 radical (unpaired) electrons. The molecule has 1 saturated heterocycles. The molecule has 2 N–H and O–H groups in total. The lowest BCUT2D eigenvalue weighted by Crippen LogP contribution is -2.55. The molecule has 2 fully saturated rings. The fourth-order valence-electron chi connectivity index (χ4n) is 2.75. The summed E-state index contributed by atoms with van der Waals surface area (Å²) in [6, 6.07) is 0.389. The summed E-state index contributed by atoms with van der Waals surface area (Å²) < 4.78 is 0. The van der Waals surface area contributed by atoms with E-state index in [9.17, 15) is 9.90 Å². The predicted octanol–water partition coefficient (Wildman–Crippen LogP) is 0.598. The highest BCUT2D eigenvalue weighted by Crippen LogP contribution is 2.19. The number of carbonyl (C=O) groups is 1. The standard InChI is InChI=1S/C16H29N3O2/c1-3-4-5-15(20)12-18-8-10-19(11-9-18)13(2)16(21)17-14-6-7-14/h3,13-15,20H,1,4-12H2,2H3,(H,17,21). The van der Waals surface area contributed by atoms with E-state index in [4.69, 9.17) is 0 Å². The van der Waals surface area contributed by atoms with Crippen LogP contribution in [0, 0.1) is 0 Å². The van der Waals surface area contributed by atoms with Crippen molar-refractivity contribution in [3.63, 3.8) is 0 Å². The number of aliphatic hydroxyl groups is 1. The van der Waals surface area contributed by atoms with Crippen molar-refractivity contribution < 1.29 is 9.90 Å². The number of hydrogen-bond donors (Lipinski definition) is 2. The number of nitrogens with one attached hydrogen (secondary N) is 1. The van der Waals surface area contributed by atoms with E-state index in [0.29, 0.717) is 6.04 Å². The van der Waals surface area contributed by atoms with Gasteiger partial charge in [-0.15, -0.1) is 6.58 Å². The number of carbonyl (C=O) groups excluding carboxylic acids is 1. The van der Waals surface area contributed by atoms with Crippen molar-refractivity contribution in [3.8, 4) is 0 Å². The Kier molecular flexibility index (Phi) is 6.21. The predicted molar refractivity (Wildman–Crippen MR) is 84.1 cm³/mol. The molecule has 2 atom stereocenters. The number of aliphatic hydroxyl groups excluding tert-OH is 1. The highest BCUT2D eigenvalue weighted by atomic mass is 16.3. The van der Waals surface area contributed by atoms with Gasteiger partial charge in [-0.1, -0.05) is 6.08 Å². The Morgan fingerprint density at radius 2 is 2.05 bits per heavy atom. The van der Waals surface area contributed by atoms with E-state index < -0.39 is 0 Å². The van der Waals surface area contributed by atoms with Crippen molar-refractivity contribution in [1.82, 2.24) is 15.1 Å². The van der Waals surface area contributed by atoms with Crippen LogP contribution in [0.1, 0.15) is 32.6 Å². The van der Waals surface area contributed by atoms with E-state index >= 15 is 0 Å². The fraction of sp³-hybridized carbons (Fsp3) is 0.812. The fourth-order valence-corrected chi connectivity index (χ4v) is 2.75. The lowest BCUT2D eigenvalue weighted by Gasteiger charge is -2.38. The van der Waals surface area contributed by atoms with Gasteiger partial charge in [-0.3, -0.25) is 14.6 Å². The molecule has 0 spiro atoms. The topological polar surface area (TPSA) is 55.8 Å². The zero-order chi connectivity index (χ0) is 15.2. The highest BCUT2D eigenvalue weighted by Gasteiger charge is 2.30. The molecule has 120 valence electrons. The number of β-amino-alcohol motifs (C(OH)–C–C–N with tert-alkyl or cyclic N) is 1. The van der Waals surface area contributed by atoms with Crippen molar-refractivity contribution in [1.29, 1.82) is 0 Å². The van der Waals surface area contributed by atoms with Crippen molar-refractivity contribution in [3.05, 3.63) is 12.7 Å². The first-order valence-corrected chi connectivity index (χ1v) is 8.16. The summed E-state index contributed by atoms with van der Waals surface area (Å²) in [5.41, 5.74) is 0. The first-order chi connectivity index (χ1) is 10.1. The number of piperazine rings is 1. The van der Waals surface area contributed by atoms with Crippen molar-refractivity contribution >= 4 is 5.91 Å². The molecule has 1 saturated carbocycles. The smallest absolute Gasteiger partial charge is 0.237 e. The average molecular weight is 295 g/mol. The Morgan fingerprint density at radius 1 is 1.38 bits per heavy atom. The van der Waals surface area contributed by atoms with Crippen LogP contribution in [0.4, 0.5) is 0 Å². The van der Waals surface area contributed by atoms with Gasteiger partial charge in [0.25, 0.3) is 0 Å². The molecule has 0 aromatic carbocycles. The van der Waals surface area contributed by atoms with E-state index in [1.165, 1.54) is 0 Å². The molecule has 5 nitrogen and oxygen atoms in total. The lowest BCUT2D eigenvalue weighted by molar-refractivity contribution is -0.126. The normalized spacial score (nSPS) is 23.5. The van der Waals surface area contributed by atoms with E-state index in [0.717, 1.165) is 58.4 Å². The van der Waals surface area contributed by atoms with Crippen LogP contribution in [0.3, 0.4) is 0 Å². The largest absolute Gasteiger partial charge is 0.392 e. The van der Waals surface area contributed by atoms with Crippen LogP contribution < -0.4 is 5.32 Å². The minimum absolute atomic E-state index is 0.0431. The minimum atomic E-state index is -0.273. The molecule has 21 heavy (non-hydrogen) atoms. The zero-order valence-corrected chi connectivity index (χ0v) is 13.1.